The molecule has 0 heterocycles. The fraction of sp³-hybridized carbons (Fsp3) is 1.00. The molecule has 0 amide bonds. The van der Waals surface area contributed by atoms with E-state index in [2.05, 4.69) is 0 Å². The van der Waals surface area contributed by atoms with Gasteiger partial charge in [0.1, 0.15) is 0 Å². The molecule has 72 valence electrons. The zero-order valence-electron chi connectivity index (χ0n) is 4.17. The molecule has 2 heteroatoms. The van der Waals surface area contributed by atoms with Gasteiger partial charge in [-0.3, -0.25) is 8.78 Å². The van der Waals surface area contributed by atoms with Crippen molar-refractivity contribution in [2.45, 2.75) is 43.1 Å². The van der Waals surface area contributed by atoms with Crippen molar-refractivity contribution in [2.24, 2.45) is 0 Å². The van der Waals surface area contributed by atoms with Gasteiger partial charge in [-0.15, -0.1) is 0 Å². The molecule has 0 bridgehead atoms. The first-order chi connectivity index (χ1) is 2.91. The molecule has 0 spiro atoms. The van der Waals surface area contributed by atoms with Crippen LogP contribution in [0.4, 0.5) is 8.78 Å². The van der Waals surface area contributed by atoms with E-state index in [4.69, 9.17) is 0 Å². The van der Waals surface area contributed by atoms with Gasteiger partial charge in [-0.25, -0.2) is 0 Å². The molecule has 0 aromatic heterocycles. The third kappa shape index (κ3) is 500. The van der Waals surface area contributed by atoms with Gasteiger partial charge in [0, 0.05) is 0 Å². The highest BCUT2D eigenvalue weighted by Gasteiger charge is 1.60. The van der Waals surface area contributed by atoms with Crippen molar-refractivity contribution in [3.05, 3.63) is 0 Å². The number of rotatable bonds is 1. The Bertz CT molecular complexity index is 9.22. The first kappa shape index (κ1) is 51.9. The third-order valence-corrected chi connectivity index (χ3v) is 0.189. The topological polar surface area (TPSA) is 0 Å². The minimum absolute atomic E-state index is 0. The predicted octanol–water partition coefficient (Wildman–Crippen LogP) is 4.50. The smallest absolute Gasteiger partial charge is 0.0891 e. The van der Waals surface area contributed by atoms with Crippen molar-refractivity contribution in [3.63, 3.8) is 0 Å². The Morgan fingerprint density at radius 3 is 1.00 bits per heavy atom. The molecule has 0 aliphatic heterocycles. The van der Waals surface area contributed by atoms with E-state index in [0.717, 1.165) is 0 Å². The summed E-state index contributed by atoms with van der Waals surface area (Å²) in [6, 6.07) is 0. The summed E-state index contributed by atoms with van der Waals surface area (Å²) in [6.07, 6.45) is 0.653. The van der Waals surface area contributed by atoms with Crippen LogP contribution in [0.1, 0.15) is 43.1 Å². The Hall–Kier alpha value is -0.140. The second-order valence-electron chi connectivity index (χ2n) is 0.689. The summed E-state index contributed by atoms with van der Waals surface area (Å²) in [5.41, 5.74) is 0. The van der Waals surface area contributed by atoms with Crippen LogP contribution >= 0.6 is 0 Å². The van der Waals surface area contributed by atoms with E-state index in [0.29, 0.717) is 13.6 Å². The highest BCUT2D eigenvalue weighted by molar-refractivity contribution is 4.11. The molecule has 0 aliphatic carbocycles. The van der Waals surface area contributed by atoms with Gasteiger partial charge >= 0.3 is 0 Å². The zero-order chi connectivity index (χ0) is 5.41. The maximum Gasteiger partial charge on any atom is 0.0891 e. The van der Waals surface area contributed by atoms with Gasteiger partial charge in [-0.2, -0.15) is 0 Å². The zero-order valence-corrected chi connectivity index (χ0v) is 4.17. The van der Waals surface area contributed by atoms with Gasteiger partial charge < -0.3 is 0 Å². The average Bonchev–Trinajstić information content (AvgIpc) is 1.72. The van der Waals surface area contributed by atoms with Crippen molar-refractivity contribution < 1.29 is 8.78 Å². The summed E-state index contributed by atoms with van der Waals surface area (Å²) in [7, 11) is 0.500. The van der Waals surface area contributed by atoms with Crippen LogP contribution in [0.15, 0.2) is 0 Å². The lowest BCUT2D eigenvalue weighted by atomic mass is 10.6. The van der Waals surface area contributed by atoms with E-state index in [-0.39, 0.29) is 36.4 Å². The van der Waals surface area contributed by atoms with Crippen LogP contribution in [-0.4, -0.2) is 13.9 Å². The first-order valence-corrected chi connectivity index (χ1v) is 1.85. The van der Waals surface area contributed by atoms with E-state index in [9.17, 15) is 8.78 Å². The van der Waals surface area contributed by atoms with Gasteiger partial charge in [0.2, 0.25) is 0 Å². The van der Waals surface area contributed by atoms with Crippen molar-refractivity contribution >= 4 is 0 Å². The van der Waals surface area contributed by atoms with Gasteiger partial charge in [0.05, 0.1) is 13.9 Å². The molecule has 0 aliphatic rings. The number of halogens is 2. The summed E-state index contributed by atoms with van der Waals surface area (Å²) < 4.78 is 20.2. The van der Waals surface area contributed by atoms with E-state index in [1.807, 2.05) is 0 Å². The number of hydrogen-bond acceptors (Lipinski definition) is 0. The Morgan fingerprint density at radius 1 is 0.900 bits per heavy atom. The molecule has 0 nitrogen and oxygen atoms in total. The lowest BCUT2D eigenvalue weighted by Crippen LogP contribution is -1.58. The summed E-state index contributed by atoms with van der Waals surface area (Å²) in [5, 5.41) is 0. The van der Waals surface area contributed by atoms with Gasteiger partial charge in [0.25, 0.3) is 0 Å². The minimum Gasteiger partial charge on any atom is -0.255 e. The molecule has 0 fully saturated rings. The highest BCUT2D eigenvalue weighted by atomic mass is 19.1. The molecule has 0 aromatic rings. The number of hydrogen-bond donors (Lipinski definition) is 0. The Kier molecular flexibility index (Phi) is 822. The quantitative estimate of drug-likeness (QED) is 0.530. The van der Waals surface area contributed by atoms with Crippen LogP contribution in [0.3, 0.4) is 0 Å². The molecule has 0 radical (unpaired) electrons. The summed E-state index contributed by atoms with van der Waals surface area (Å²) in [4.78, 5) is 0. The second-order valence-corrected chi connectivity index (χ2v) is 0.689. The van der Waals surface area contributed by atoms with E-state index in [1.165, 1.54) is 0 Å². The maximum absolute atomic E-state index is 10.7. The van der Waals surface area contributed by atoms with E-state index >= 15 is 0 Å². The Balaban J connectivity index is -0.00000000625. The van der Waals surface area contributed by atoms with E-state index in [1.54, 1.807) is 6.92 Å². The third-order valence-electron chi connectivity index (χ3n) is 0.189. The number of alkyl halides is 2. The molecule has 0 rings (SSSR count). The maximum atomic E-state index is 10.7. The monoisotopic (exact) mass is 160 g/mol. The van der Waals surface area contributed by atoms with Crippen LogP contribution < -0.4 is 0 Å². The normalized spacial score (nSPS) is 3.60. The average molecular weight is 160 g/mol. The molecule has 0 N–H and O–H groups in total. The summed E-state index contributed by atoms with van der Waals surface area (Å²) in [6.45, 7) is 1.62. The van der Waals surface area contributed by atoms with Crippen LogP contribution in [0.5, 0.6) is 0 Å². The molecule has 0 aromatic carbocycles. The standard InChI is InChI=1S/C3H7F.CH3F.4CH4/c1-2-3-4;1-2;;;;/h2-3H2,1H3;1H3;4*1H4. The molecule has 0 saturated heterocycles. The van der Waals surface area contributed by atoms with Crippen molar-refractivity contribution in [3.8, 4) is 0 Å². The lowest BCUT2D eigenvalue weighted by Gasteiger charge is -1.64. The second kappa shape index (κ2) is 158. The fourth-order valence-corrected chi connectivity index (χ4v) is 0. The van der Waals surface area contributed by atoms with Crippen LogP contribution in [0.2, 0.25) is 0 Å². The van der Waals surface area contributed by atoms with Gasteiger partial charge in [-0.1, -0.05) is 36.6 Å². The predicted molar refractivity (Wildman–Crippen MR) is 50.2 cm³/mol. The highest BCUT2D eigenvalue weighted by Crippen LogP contribution is 1.69. The summed E-state index contributed by atoms with van der Waals surface area (Å²) >= 11 is 0. The molecular formula is C8H26F2. The van der Waals surface area contributed by atoms with E-state index < -0.39 is 0 Å². The Labute approximate surface area is 66.7 Å². The van der Waals surface area contributed by atoms with Gasteiger partial charge in [-0.05, 0) is 6.42 Å². The largest absolute Gasteiger partial charge is 0.255 e. The molecule has 10 heavy (non-hydrogen) atoms. The Morgan fingerprint density at radius 2 is 1.00 bits per heavy atom. The molecule has 0 saturated carbocycles. The molecule has 0 atom stereocenters. The van der Waals surface area contributed by atoms with Crippen molar-refractivity contribution in [1.82, 2.24) is 0 Å². The fourth-order valence-electron chi connectivity index (χ4n) is 0. The molecular weight excluding hydrogens is 134 g/mol. The van der Waals surface area contributed by atoms with Crippen molar-refractivity contribution in [1.29, 1.82) is 0 Å². The summed E-state index contributed by atoms with van der Waals surface area (Å²) in [5.74, 6) is 0. The van der Waals surface area contributed by atoms with Crippen molar-refractivity contribution in [2.75, 3.05) is 13.9 Å². The first-order valence-electron chi connectivity index (χ1n) is 1.85. The van der Waals surface area contributed by atoms with Crippen LogP contribution in [-0.2, 0) is 0 Å². The molecule has 0 unspecified atom stereocenters. The lowest BCUT2D eigenvalue weighted by molar-refractivity contribution is 0.487. The van der Waals surface area contributed by atoms with Gasteiger partial charge in [0.15, 0.2) is 0 Å². The minimum atomic E-state index is -0.181. The van der Waals surface area contributed by atoms with Crippen LogP contribution in [0.25, 0.3) is 0 Å². The van der Waals surface area contributed by atoms with Crippen LogP contribution in [0, 0.1) is 0 Å². The SMILES string of the molecule is C.C.C.C.CCCF.CF.